The molecule has 0 unspecified atom stereocenters. The van der Waals surface area contributed by atoms with E-state index in [1.807, 2.05) is 13.8 Å². The van der Waals surface area contributed by atoms with Gasteiger partial charge in [0.2, 0.25) is 5.78 Å². The van der Waals surface area contributed by atoms with Crippen LogP contribution in [-0.4, -0.2) is 57.3 Å². The van der Waals surface area contributed by atoms with Gasteiger partial charge in [0.25, 0.3) is 0 Å². The number of carbonyl (C=O) groups is 3. The summed E-state index contributed by atoms with van der Waals surface area (Å²) in [7, 11) is 0. The van der Waals surface area contributed by atoms with Crippen LogP contribution < -0.4 is 0 Å². The van der Waals surface area contributed by atoms with Crippen molar-refractivity contribution >= 4 is 17.5 Å². The summed E-state index contributed by atoms with van der Waals surface area (Å²) in [5.74, 6) is -1.35. The first kappa shape index (κ1) is 21.7. The lowest BCUT2D eigenvalue weighted by Gasteiger charge is -2.61. The maximum Gasteiger partial charge on any atom is 0.303 e. The number of aliphatic hydroxyl groups excluding tert-OH is 2. The van der Waals surface area contributed by atoms with Gasteiger partial charge in [-0.25, -0.2) is 0 Å². The van der Waals surface area contributed by atoms with E-state index in [4.69, 9.17) is 4.74 Å². The van der Waals surface area contributed by atoms with Crippen molar-refractivity contribution in [1.82, 2.24) is 0 Å². The molecule has 0 amide bonds. The molecule has 30 heavy (non-hydrogen) atoms. The highest BCUT2D eigenvalue weighted by Crippen LogP contribution is 2.67. The van der Waals surface area contributed by atoms with Crippen molar-refractivity contribution in [3.05, 3.63) is 11.6 Å². The number of aliphatic hydroxyl groups is 3. The van der Waals surface area contributed by atoms with Gasteiger partial charge in [0.15, 0.2) is 12.4 Å². The molecule has 8 atom stereocenters. The molecule has 4 aliphatic rings. The van der Waals surface area contributed by atoms with Crippen LogP contribution in [0, 0.1) is 28.6 Å². The molecule has 3 fully saturated rings. The molecule has 3 N–H and O–H groups in total. The second-order valence-corrected chi connectivity index (χ2v) is 10.3. The maximum absolute atomic E-state index is 12.9. The van der Waals surface area contributed by atoms with Crippen LogP contribution in [0.4, 0.5) is 0 Å². The van der Waals surface area contributed by atoms with E-state index in [0.29, 0.717) is 25.7 Å². The normalized spacial score (nSPS) is 47.6. The summed E-state index contributed by atoms with van der Waals surface area (Å²) in [6.07, 6.45) is 2.54. The molecule has 7 heteroatoms. The van der Waals surface area contributed by atoms with Crippen molar-refractivity contribution in [2.45, 2.75) is 77.1 Å². The number of hydrogen-bond donors (Lipinski definition) is 3. The lowest BCUT2D eigenvalue weighted by atomic mass is 9.45. The van der Waals surface area contributed by atoms with Crippen LogP contribution in [0.2, 0.25) is 0 Å². The van der Waals surface area contributed by atoms with Crippen molar-refractivity contribution in [1.29, 1.82) is 0 Å². The van der Waals surface area contributed by atoms with Crippen molar-refractivity contribution in [2.75, 3.05) is 6.61 Å². The molecule has 3 saturated carbocycles. The second kappa shape index (κ2) is 6.97. The van der Waals surface area contributed by atoms with E-state index in [0.717, 1.165) is 5.57 Å². The number of ketones is 2. The van der Waals surface area contributed by atoms with Crippen molar-refractivity contribution in [3.63, 3.8) is 0 Å². The summed E-state index contributed by atoms with van der Waals surface area (Å²) in [5, 5.41) is 33.7. The number of ether oxygens (including phenoxy) is 1. The summed E-state index contributed by atoms with van der Waals surface area (Å²) in [6, 6.07) is 0. The second-order valence-electron chi connectivity index (χ2n) is 10.3. The van der Waals surface area contributed by atoms with E-state index in [1.165, 1.54) is 6.92 Å². The number of fused-ring (bicyclic) bond motifs is 5. The monoisotopic (exact) mass is 420 g/mol. The van der Waals surface area contributed by atoms with Gasteiger partial charge in [-0.15, -0.1) is 0 Å². The van der Waals surface area contributed by atoms with E-state index in [9.17, 15) is 29.7 Å². The lowest BCUT2D eigenvalue weighted by molar-refractivity contribution is -0.188. The maximum atomic E-state index is 12.9. The van der Waals surface area contributed by atoms with Crippen LogP contribution in [0.15, 0.2) is 11.6 Å². The Kier molecular flexibility index (Phi) is 5.03. The zero-order valence-electron chi connectivity index (χ0n) is 17.9. The molecule has 0 radical (unpaired) electrons. The summed E-state index contributed by atoms with van der Waals surface area (Å²) < 4.78 is 4.86. The van der Waals surface area contributed by atoms with Crippen LogP contribution in [0.3, 0.4) is 0 Å². The van der Waals surface area contributed by atoms with Crippen molar-refractivity contribution in [2.24, 2.45) is 28.6 Å². The van der Waals surface area contributed by atoms with Gasteiger partial charge in [0.1, 0.15) is 5.60 Å². The molecule has 0 saturated heterocycles. The number of Topliss-reactive ketones (excluding diaryl/α,β-unsaturated/α-hetero) is 1. The van der Waals surface area contributed by atoms with Gasteiger partial charge in [-0.05, 0) is 66.9 Å². The number of esters is 1. The first-order valence-electron chi connectivity index (χ1n) is 10.9. The van der Waals surface area contributed by atoms with Crippen LogP contribution in [-0.2, 0) is 19.1 Å². The molecule has 0 aromatic heterocycles. The molecular weight excluding hydrogens is 388 g/mol. The highest BCUT2D eigenvalue weighted by atomic mass is 16.5. The third-order valence-electron chi connectivity index (χ3n) is 8.93. The van der Waals surface area contributed by atoms with Crippen LogP contribution in [0.1, 0.15) is 59.3 Å². The molecule has 0 bridgehead atoms. The fourth-order valence-electron chi connectivity index (χ4n) is 7.49. The van der Waals surface area contributed by atoms with Gasteiger partial charge in [-0.2, -0.15) is 0 Å². The summed E-state index contributed by atoms with van der Waals surface area (Å²) in [5.41, 5.74) is -2.29. The Hall–Kier alpha value is -1.57. The first-order valence-corrected chi connectivity index (χ1v) is 10.9. The highest BCUT2D eigenvalue weighted by molar-refractivity contribution is 5.92. The zero-order chi connectivity index (χ0) is 22.1. The molecular formula is C23H32O7. The van der Waals surface area contributed by atoms with Gasteiger partial charge in [0.05, 0.1) is 12.2 Å². The van der Waals surface area contributed by atoms with E-state index >= 15 is 0 Å². The fraction of sp³-hybridized carbons (Fsp3) is 0.783. The predicted molar refractivity (Wildman–Crippen MR) is 106 cm³/mol. The third kappa shape index (κ3) is 2.85. The molecule has 0 aromatic rings. The van der Waals surface area contributed by atoms with Crippen LogP contribution in [0.5, 0.6) is 0 Å². The molecule has 166 valence electrons. The fourth-order valence-corrected chi connectivity index (χ4v) is 7.49. The standard InChI is InChI=1S/C23H32O7/c1-12(24)30-11-19(28)23(29)7-5-15-14-9-17(26)16-8-13(25)4-6-21(16,2)20(14)18(27)10-22(15,23)3/h8,14-15,17-18,20,26-27,29H,4-7,9-11H2,1-3H3/t14-,15-,17+,18+,20+,21+,22+,23-/m1/s1. The largest absolute Gasteiger partial charge is 0.458 e. The van der Waals surface area contributed by atoms with Gasteiger partial charge in [-0.3, -0.25) is 14.4 Å². The van der Waals surface area contributed by atoms with E-state index in [-0.39, 0.29) is 36.4 Å². The van der Waals surface area contributed by atoms with Crippen molar-refractivity contribution < 1.29 is 34.4 Å². The lowest BCUT2D eigenvalue weighted by Crippen LogP contribution is -2.63. The summed E-state index contributed by atoms with van der Waals surface area (Å²) >= 11 is 0. The van der Waals surface area contributed by atoms with Crippen LogP contribution in [0.25, 0.3) is 0 Å². The quantitative estimate of drug-likeness (QED) is 0.589. The average Bonchev–Trinajstić information content (AvgIpc) is 2.93. The van der Waals surface area contributed by atoms with E-state index in [1.54, 1.807) is 6.08 Å². The number of rotatable bonds is 3. The minimum Gasteiger partial charge on any atom is -0.458 e. The summed E-state index contributed by atoms with van der Waals surface area (Å²) in [6.45, 7) is 4.62. The average molecular weight is 421 g/mol. The van der Waals surface area contributed by atoms with Crippen LogP contribution >= 0.6 is 0 Å². The molecule has 4 rings (SSSR count). The molecule has 0 aromatic carbocycles. The smallest absolute Gasteiger partial charge is 0.303 e. The Bertz CT molecular complexity index is 818. The number of hydrogen-bond acceptors (Lipinski definition) is 7. The Labute approximate surface area is 176 Å². The Morgan fingerprint density at radius 1 is 1.23 bits per heavy atom. The Balaban J connectivity index is 1.69. The summed E-state index contributed by atoms with van der Waals surface area (Å²) in [4.78, 5) is 36.0. The SMILES string of the molecule is CC(=O)OCC(=O)[C@]1(O)CC[C@@H]2[C@H]3C[C@H](O)C4=CC(=O)CC[C@]4(C)[C@@H]3[C@@H](O)C[C@@]21C. The Morgan fingerprint density at radius 3 is 2.60 bits per heavy atom. The molecule has 0 aliphatic heterocycles. The molecule has 0 spiro atoms. The minimum atomic E-state index is -1.68. The predicted octanol–water partition coefficient (Wildman–Crippen LogP) is 1.32. The van der Waals surface area contributed by atoms with Gasteiger partial charge >= 0.3 is 5.97 Å². The van der Waals surface area contributed by atoms with Gasteiger partial charge < -0.3 is 20.1 Å². The van der Waals surface area contributed by atoms with E-state index < -0.39 is 47.0 Å². The van der Waals surface area contributed by atoms with Crippen molar-refractivity contribution in [3.8, 4) is 0 Å². The zero-order valence-corrected chi connectivity index (χ0v) is 17.9. The minimum absolute atomic E-state index is 0.0152. The number of carbonyl (C=O) groups excluding carboxylic acids is 3. The Morgan fingerprint density at radius 2 is 1.93 bits per heavy atom. The topological polar surface area (TPSA) is 121 Å². The molecule has 7 nitrogen and oxygen atoms in total. The van der Waals surface area contributed by atoms with Gasteiger partial charge in [0, 0.05) is 18.8 Å². The molecule has 4 aliphatic carbocycles. The molecule has 0 heterocycles. The third-order valence-corrected chi connectivity index (χ3v) is 8.93. The van der Waals surface area contributed by atoms with Gasteiger partial charge in [-0.1, -0.05) is 13.8 Å². The highest BCUT2D eigenvalue weighted by Gasteiger charge is 2.69. The first-order chi connectivity index (χ1) is 13.9. The van der Waals surface area contributed by atoms with E-state index in [2.05, 4.69) is 0 Å².